The molecule has 0 aliphatic carbocycles. The fourth-order valence-corrected chi connectivity index (χ4v) is 2.01. The lowest BCUT2D eigenvalue weighted by Gasteiger charge is -1.95. The zero-order chi connectivity index (χ0) is 12.0. The number of carbonyl (C=O) groups is 1. The Balaban J connectivity index is 2.41. The highest BCUT2D eigenvalue weighted by Crippen LogP contribution is 2.25. The van der Waals surface area contributed by atoms with E-state index in [1.165, 1.54) is 0 Å². The molecule has 2 aromatic heterocycles. The summed E-state index contributed by atoms with van der Waals surface area (Å²) in [7, 11) is 0. The van der Waals surface area contributed by atoms with Crippen molar-refractivity contribution in [3.05, 3.63) is 41.6 Å². The Kier molecular flexibility index (Phi) is 1.92. The van der Waals surface area contributed by atoms with Crippen molar-refractivity contribution in [2.24, 2.45) is 0 Å². The molecule has 84 valence electrons. The number of nitrogens with zero attached hydrogens (tertiary/aromatic N) is 1. The lowest BCUT2D eigenvalue weighted by atomic mass is 10.1. The summed E-state index contributed by atoms with van der Waals surface area (Å²) in [5.74, 6) is -0.915. The van der Waals surface area contributed by atoms with Crippen molar-refractivity contribution >= 4 is 27.9 Å². The second-order valence-corrected chi connectivity index (χ2v) is 4.04. The van der Waals surface area contributed by atoms with Crippen molar-refractivity contribution in [3.8, 4) is 0 Å². The number of carboxylic acids is 1. The molecule has 0 bridgehead atoms. The number of pyridine rings is 1. The van der Waals surface area contributed by atoms with Crippen molar-refractivity contribution in [2.45, 2.75) is 6.92 Å². The van der Waals surface area contributed by atoms with E-state index in [2.05, 4.69) is 9.97 Å². The molecule has 3 rings (SSSR count). The second kappa shape index (κ2) is 3.31. The van der Waals surface area contributed by atoms with Crippen molar-refractivity contribution in [1.29, 1.82) is 0 Å². The normalized spacial score (nSPS) is 11.1. The Bertz CT molecular complexity index is 744. The third-order valence-electron chi connectivity index (χ3n) is 2.84. The van der Waals surface area contributed by atoms with Gasteiger partial charge in [0, 0.05) is 22.0 Å². The standard InChI is InChI=1S/C13H10N2O2/c1-7-2-4-9-10-6-8(13(16)17)3-5-11(10)15-12(9)14-7/h2-6H,1H3,(H,14,15)(H,16,17). The fourth-order valence-electron chi connectivity index (χ4n) is 2.01. The molecular weight excluding hydrogens is 216 g/mol. The van der Waals surface area contributed by atoms with Gasteiger partial charge in [0.2, 0.25) is 0 Å². The minimum Gasteiger partial charge on any atom is -0.478 e. The summed E-state index contributed by atoms with van der Waals surface area (Å²) in [6.07, 6.45) is 0. The number of aryl methyl sites for hydroxylation is 1. The van der Waals surface area contributed by atoms with E-state index in [4.69, 9.17) is 5.11 Å². The van der Waals surface area contributed by atoms with Crippen LogP contribution >= 0.6 is 0 Å². The van der Waals surface area contributed by atoms with E-state index in [-0.39, 0.29) is 0 Å². The van der Waals surface area contributed by atoms with Gasteiger partial charge in [0.05, 0.1) is 5.56 Å². The summed E-state index contributed by atoms with van der Waals surface area (Å²) in [4.78, 5) is 18.5. The van der Waals surface area contributed by atoms with Gasteiger partial charge >= 0.3 is 5.97 Å². The summed E-state index contributed by atoms with van der Waals surface area (Å²) in [5, 5.41) is 10.8. The first-order valence-electron chi connectivity index (χ1n) is 5.27. The highest BCUT2D eigenvalue weighted by Gasteiger charge is 2.09. The van der Waals surface area contributed by atoms with E-state index in [0.29, 0.717) is 5.56 Å². The quantitative estimate of drug-likeness (QED) is 0.670. The van der Waals surface area contributed by atoms with Crippen LogP contribution in [0.5, 0.6) is 0 Å². The molecule has 4 nitrogen and oxygen atoms in total. The number of benzene rings is 1. The Hall–Kier alpha value is -2.36. The largest absolute Gasteiger partial charge is 0.478 e. The molecule has 2 heterocycles. The maximum atomic E-state index is 10.9. The maximum absolute atomic E-state index is 10.9. The molecule has 3 aromatic rings. The van der Waals surface area contributed by atoms with Crippen molar-refractivity contribution in [1.82, 2.24) is 9.97 Å². The first kappa shape index (κ1) is 9.84. The average Bonchev–Trinajstić information content (AvgIpc) is 2.64. The van der Waals surface area contributed by atoms with Gasteiger partial charge in [-0.1, -0.05) is 0 Å². The molecule has 0 saturated heterocycles. The molecule has 0 spiro atoms. The van der Waals surface area contributed by atoms with Gasteiger partial charge in [-0.15, -0.1) is 0 Å². The Labute approximate surface area is 96.9 Å². The van der Waals surface area contributed by atoms with E-state index in [1.807, 2.05) is 19.1 Å². The predicted molar refractivity (Wildman–Crippen MR) is 65.3 cm³/mol. The number of hydrogen-bond donors (Lipinski definition) is 2. The number of aromatic nitrogens is 2. The van der Waals surface area contributed by atoms with Crippen LogP contribution in [0.25, 0.3) is 21.9 Å². The topological polar surface area (TPSA) is 66.0 Å². The molecule has 0 amide bonds. The van der Waals surface area contributed by atoms with E-state index < -0.39 is 5.97 Å². The minimum absolute atomic E-state index is 0.291. The average molecular weight is 226 g/mol. The van der Waals surface area contributed by atoms with Crippen LogP contribution in [0.3, 0.4) is 0 Å². The second-order valence-electron chi connectivity index (χ2n) is 4.04. The summed E-state index contributed by atoms with van der Waals surface area (Å²) < 4.78 is 0. The van der Waals surface area contributed by atoms with Crippen LogP contribution in [0.1, 0.15) is 16.1 Å². The molecular formula is C13H10N2O2. The third-order valence-corrected chi connectivity index (χ3v) is 2.84. The number of aromatic amines is 1. The predicted octanol–water partition coefficient (Wildman–Crippen LogP) is 2.72. The van der Waals surface area contributed by atoms with E-state index in [9.17, 15) is 4.79 Å². The molecule has 0 aliphatic rings. The minimum atomic E-state index is -0.915. The van der Waals surface area contributed by atoms with Crippen molar-refractivity contribution < 1.29 is 9.90 Å². The van der Waals surface area contributed by atoms with Gasteiger partial charge in [0.25, 0.3) is 0 Å². The molecule has 0 atom stereocenters. The summed E-state index contributed by atoms with van der Waals surface area (Å²) >= 11 is 0. The van der Waals surface area contributed by atoms with Gasteiger partial charge in [-0.25, -0.2) is 9.78 Å². The molecule has 0 saturated carbocycles. The lowest BCUT2D eigenvalue weighted by Crippen LogP contribution is -1.94. The molecule has 4 heteroatoms. The number of carboxylic acid groups (broad SMARTS) is 1. The summed E-state index contributed by atoms with van der Waals surface area (Å²) in [5.41, 5.74) is 2.92. The van der Waals surface area contributed by atoms with Crippen LogP contribution in [0.4, 0.5) is 0 Å². The lowest BCUT2D eigenvalue weighted by molar-refractivity contribution is 0.0697. The summed E-state index contributed by atoms with van der Waals surface area (Å²) in [6.45, 7) is 1.92. The van der Waals surface area contributed by atoms with Crippen LogP contribution < -0.4 is 0 Å². The van der Waals surface area contributed by atoms with Gasteiger partial charge in [-0.2, -0.15) is 0 Å². The van der Waals surface area contributed by atoms with Crippen LogP contribution in [0, 0.1) is 6.92 Å². The SMILES string of the molecule is Cc1ccc2c(n1)[nH]c1ccc(C(=O)O)cc12. The van der Waals surface area contributed by atoms with Gasteiger partial charge in [-0.3, -0.25) is 0 Å². The molecule has 0 radical (unpaired) electrons. The monoisotopic (exact) mass is 226 g/mol. The molecule has 0 aliphatic heterocycles. The van der Waals surface area contributed by atoms with Crippen LogP contribution in [0.2, 0.25) is 0 Å². The Morgan fingerprint density at radius 2 is 2.06 bits per heavy atom. The number of H-pyrrole nitrogens is 1. The van der Waals surface area contributed by atoms with Crippen LogP contribution in [-0.4, -0.2) is 21.0 Å². The fraction of sp³-hybridized carbons (Fsp3) is 0.0769. The van der Waals surface area contributed by atoms with Gasteiger partial charge in [0.15, 0.2) is 0 Å². The number of rotatable bonds is 1. The zero-order valence-corrected chi connectivity index (χ0v) is 9.19. The van der Waals surface area contributed by atoms with Crippen LogP contribution in [0.15, 0.2) is 30.3 Å². The zero-order valence-electron chi connectivity index (χ0n) is 9.19. The highest BCUT2D eigenvalue weighted by atomic mass is 16.4. The van der Waals surface area contributed by atoms with E-state index >= 15 is 0 Å². The molecule has 1 aromatic carbocycles. The molecule has 0 fully saturated rings. The Morgan fingerprint density at radius 3 is 2.82 bits per heavy atom. The maximum Gasteiger partial charge on any atom is 0.335 e. The number of hydrogen-bond acceptors (Lipinski definition) is 2. The van der Waals surface area contributed by atoms with Gasteiger partial charge in [-0.05, 0) is 37.3 Å². The van der Waals surface area contributed by atoms with Crippen LogP contribution in [-0.2, 0) is 0 Å². The van der Waals surface area contributed by atoms with Gasteiger partial charge in [0.1, 0.15) is 5.65 Å². The Morgan fingerprint density at radius 1 is 1.24 bits per heavy atom. The molecule has 17 heavy (non-hydrogen) atoms. The van der Waals surface area contributed by atoms with E-state index in [0.717, 1.165) is 27.6 Å². The molecule has 2 N–H and O–H groups in total. The smallest absolute Gasteiger partial charge is 0.335 e. The summed E-state index contributed by atoms with van der Waals surface area (Å²) in [6, 6.07) is 8.92. The van der Waals surface area contributed by atoms with E-state index in [1.54, 1.807) is 18.2 Å². The van der Waals surface area contributed by atoms with Crippen molar-refractivity contribution in [3.63, 3.8) is 0 Å². The first-order valence-corrected chi connectivity index (χ1v) is 5.27. The first-order chi connectivity index (χ1) is 8.15. The third kappa shape index (κ3) is 1.45. The molecule has 0 unspecified atom stereocenters. The number of nitrogens with one attached hydrogen (secondary N) is 1. The number of fused-ring (bicyclic) bond motifs is 3. The number of aromatic carboxylic acids is 1. The van der Waals surface area contributed by atoms with Crippen molar-refractivity contribution in [2.75, 3.05) is 0 Å². The van der Waals surface area contributed by atoms with Gasteiger partial charge < -0.3 is 10.1 Å². The highest BCUT2D eigenvalue weighted by molar-refractivity contribution is 6.08.